The number of rotatable bonds is 3. The van der Waals surface area contributed by atoms with Crippen LogP contribution in [0.25, 0.3) is 0 Å². The highest BCUT2D eigenvalue weighted by Gasteiger charge is 2.39. The van der Waals surface area contributed by atoms with Crippen LogP contribution in [-0.2, 0) is 0 Å². The Labute approximate surface area is 102 Å². The van der Waals surface area contributed by atoms with Gasteiger partial charge in [0, 0.05) is 0 Å². The molecule has 0 unspecified atom stereocenters. The summed E-state index contributed by atoms with van der Waals surface area (Å²) in [6, 6.07) is 0. The van der Waals surface area contributed by atoms with Crippen molar-refractivity contribution in [2.24, 2.45) is 10.8 Å². The minimum absolute atomic E-state index is 0. The quantitative estimate of drug-likeness (QED) is 0.632. The number of hydrogen-bond acceptors (Lipinski definition) is 1. The molecule has 1 saturated carbocycles. The Hall–Kier alpha value is -0.300. The fourth-order valence-corrected chi connectivity index (χ4v) is 3.48. The minimum atomic E-state index is 0. The van der Waals surface area contributed by atoms with Crippen molar-refractivity contribution in [2.45, 2.75) is 73.1 Å². The summed E-state index contributed by atoms with van der Waals surface area (Å²) in [6.45, 7) is 11.9. The molecule has 96 valence electrons. The minimum Gasteiger partial charge on any atom is -0.344 e. The molecule has 0 aromatic heterocycles. The second-order valence-corrected chi connectivity index (χ2v) is 6.17. The lowest BCUT2D eigenvalue weighted by Crippen LogP contribution is -2.33. The van der Waals surface area contributed by atoms with E-state index >= 15 is 0 Å². The van der Waals surface area contributed by atoms with E-state index in [1.165, 1.54) is 38.5 Å². The zero-order valence-corrected chi connectivity index (χ0v) is 12.0. The van der Waals surface area contributed by atoms with Gasteiger partial charge in [-0.25, -0.2) is 0 Å². The van der Waals surface area contributed by atoms with Crippen molar-refractivity contribution in [3.63, 3.8) is 0 Å². The van der Waals surface area contributed by atoms with Crippen molar-refractivity contribution < 1.29 is 0 Å². The van der Waals surface area contributed by atoms with E-state index in [1.54, 1.807) is 5.57 Å². The first-order chi connectivity index (χ1) is 6.97. The van der Waals surface area contributed by atoms with Crippen LogP contribution in [0.15, 0.2) is 11.6 Å². The Morgan fingerprint density at radius 1 is 1.06 bits per heavy atom. The zero-order valence-electron chi connectivity index (χ0n) is 12.0. The fourth-order valence-electron chi connectivity index (χ4n) is 3.48. The maximum absolute atomic E-state index is 2.47. The first-order valence-corrected chi connectivity index (χ1v) is 6.65. The standard InChI is InChI=1S/C15H28.H3N/c1-6-9-13-10-14(4,5)12-15(7-2,8-3)11-13;/h9H,6-8,10-12H2,1-5H3;1H3. The third-order valence-electron chi connectivity index (χ3n) is 4.15. The normalized spacial score (nSPS) is 25.2. The van der Waals surface area contributed by atoms with Crippen LogP contribution in [0.3, 0.4) is 0 Å². The maximum Gasteiger partial charge on any atom is -0.0260 e. The summed E-state index contributed by atoms with van der Waals surface area (Å²) in [7, 11) is 0. The van der Waals surface area contributed by atoms with Crippen LogP contribution in [-0.4, -0.2) is 0 Å². The van der Waals surface area contributed by atoms with Crippen LogP contribution in [0.4, 0.5) is 0 Å². The molecule has 0 saturated heterocycles. The lowest BCUT2D eigenvalue weighted by atomic mass is 9.60. The summed E-state index contributed by atoms with van der Waals surface area (Å²) in [4.78, 5) is 0. The summed E-state index contributed by atoms with van der Waals surface area (Å²) >= 11 is 0. The molecule has 1 nitrogen and oxygen atoms in total. The summed E-state index contributed by atoms with van der Waals surface area (Å²) in [6.07, 6.45) is 10.5. The van der Waals surface area contributed by atoms with Crippen molar-refractivity contribution in [2.75, 3.05) is 0 Å². The van der Waals surface area contributed by atoms with E-state index in [2.05, 4.69) is 40.7 Å². The van der Waals surface area contributed by atoms with Crippen LogP contribution in [0, 0.1) is 10.8 Å². The average molecular weight is 225 g/mol. The van der Waals surface area contributed by atoms with Gasteiger partial charge in [0.15, 0.2) is 0 Å². The monoisotopic (exact) mass is 225 g/mol. The second kappa shape index (κ2) is 5.86. The van der Waals surface area contributed by atoms with E-state index in [9.17, 15) is 0 Å². The molecule has 0 spiro atoms. The summed E-state index contributed by atoms with van der Waals surface area (Å²) in [5.41, 5.74) is 2.84. The molecule has 1 fully saturated rings. The van der Waals surface area contributed by atoms with E-state index in [4.69, 9.17) is 0 Å². The Bertz CT molecular complexity index is 234. The predicted molar refractivity (Wildman–Crippen MR) is 74.0 cm³/mol. The molecule has 0 aliphatic heterocycles. The molecule has 3 N–H and O–H groups in total. The zero-order chi connectivity index (χ0) is 11.5. The van der Waals surface area contributed by atoms with Gasteiger partial charge in [-0.15, -0.1) is 0 Å². The van der Waals surface area contributed by atoms with Gasteiger partial charge in [0.1, 0.15) is 0 Å². The molecule has 0 aromatic carbocycles. The van der Waals surface area contributed by atoms with Gasteiger partial charge in [-0.3, -0.25) is 0 Å². The van der Waals surface area contributed by atoms with Crippen molar-refractivity contribution >= 4 is 0 Å². The fraction of sp³-hybridized carbons (Fsp3) is 0.867. The van der Waals surface area contributed by atoms with Crippen LogP contribution in [0.5, 0.6) is 0 Å². The molecule has 0 aromatic rings. The highest BCUT2D eigenvalue weighted by molar-refractivity contribution is 5.13. The molecule has 1 heteroatoms. The van der Waals surface area contributed by atoms with Gasteiger partial charge in [0.05, 0.1) is 0 Å². The van der Waals surface area contributed by atoms with Gasteiger partial charge in [-0.05, 0) is 36.5 Å². The van der Waals surface area contributed by atoms with Gasteiger partial charge < -0.3 is 6.15 Å². The molecule has 0 bridgehead atoms. The van der Waals surface area contributed by atoms with E-state index < -0.39 is 0 Å². The molecule has 1 aliphatic carbocycles. The molecule has 0 amide bonds. The molecular formula is C15H31N. The predicted octanol–water partition coefficient (Wildman–Crippen LogP) is 5.50. The molecule has 0 heterocycles. The first kappa shape index (κ1) is 15.7. The SMILES string of the molecule is CCC=C1CC(C)(C)CC(CC)(CC)C1.N. The third kappa shape index (κ3) is 3.62. The highest BCUT2D eigenvalue weighted by atomic mass is 14.4. The summed E-state index contributed by atoms with van der Waals surface area (Å²) < 4.78 is 0. The summed E-state index contributed by atoms with van der Waals surface area (Å²) in [5.74, 6) is 0. The van der Waals surface area contributed by atoms with Gasteiger partial charge in [-0.2, -0.15) is 0 Å². The van der Waals surface area contributed by atoms with E-state index in [0.717, 1.165) is 0 Å². The summed E-state index contributed by atoms with van der Waals surface area (Å²) in [5, 5.41) is 0. The van der Waals surface area contributed by atoms with Crippen molar-refractivity contribution in [3.8, 4) is 0 Å². The van der Waals surface area contributed by atoms with Gasteiger partial charge >= 0.3 is 0 Å². The topological polar surface area (TPSA) is 35.0 Å². The lowest BCUT2D eigenvalue weighted by molar-refractivity contribution is 0.108. The Morgan fingerprint density at radius 2 is 1.62 bits per heavy atom. The van der Waals surface area contributed by atoms with E-state index in [-0.39, 0.29) is 6.15 Å². The van der Waals surface area contributed by atoms with Crippen LogP contribution < -0.4 is 6.15 Å². The van der Waals surface area contributed by atoms with Crippen molar-refractivity contribution in [3.05, 3.63) is 11.6 Å². The van der Waals surface area contributed by atoms with Crippen molar-refractivity contribution in [1.82, 2.24) is 6.15 Å². The van der Waals surface area contributed by atoms with Crippen LogP contribution in [0.1, 0.15) is 73.1 Å². The molecule has 0 radical (unpaired) electrons. The van der Waals surface area contributed by atoms with Gasteiger partial charge in [0.25, 0.3) is 0 Å². The molecule has 1 aliphatic rings. The number of allylic oxidation sites excluding steroid dienone is 2. The Morgan fingerprint density at radius 3 is 2.06 bits per heavy atom. The lowest BCUT2D eigenvalue weighted by Gasteiger charge is -2.45. The highest BCUT2D eigenvalue weighted by Crippen LogP contribution is 2.51. The van der Waals surface area contributed by atoms with Gasteiger partial charge in [-0.1, -0.05) is 59.1 Å². The van der Waals surface area contributed by atoms with Crippen LogP contribution in [0.2, 0.25) is 0 Å². The molecule has 16 heavy (non-hydrogen) atoms. The van der Waals surface area contributed by atoms with E-state index in [1.807, 2.05) is 0 Å². The average Bonchev–Trinajstić information content (AvgIpc) is 2.16. The number of hydrogen-bond donors (Lipinski definition) is 1. The molecule has 0 atom stereocenters. The van der Waals surface area contributed by atoms with Crippen LogP contribution >= 0.6 is 0 Å². The Balaban J connectivity index is 0.00000225. The third-order valence-corrected chi connectivity index (χ3v) is 4.15. The second-order valence-electron chi connectivity index (χ2n) is 6.17. The van der Waals surface area contributed by atoms with Gasteiger partial charge in [0.2, 0.25) is 0 Å². The molecule has 1 rings (SSSR count). The van der Waals surface area contributed by atoms with Crippen molar-refractivity contribution in [1.29, 1.82) is 0 Å². The molecular weight excluding hydrogens is 194 g/mol. The van der Waals surface area contributed by atoms with E-state index in [0.29, 0.717) is 10.8 Å². The Kier molecular flexibility index (Phi) is 5.75. The largest absolute Gasteiger partial charge is 0.344 e. The first-order valence-electron chi connectivity index (χ1n) is 6.65. The maximum atomic E-state index is 2.47. The smallest absolute Gasteiger partial charge is 0.0260 e.